The molecular formula is C27H21N3O5. The summed E-state index contributed by atoms with van der Waals surface area (Å²) < 4.78 is 0. The molecule has 3 aromatic rings. The van der Waals surface area contributed by atoms with Gasteiger partial charge in [0.2, 0.25) is 5.91 Å². The van der Waals surface area contributed by atoms with Crippen molar-refractivity contribution in [3.8, 4) is 0 Å². The highest BCUT2D eigenvalue weighted by molar-refractivity contribution is 6.30. The molecule has 2 aliphatic rings. The second-order valence-corrected chi connectivity index (χ2v) is 8.74. The lowest BCUT2D eigenvalue weighted by Crippen LogP contribution is -2.42. The van der Waals surface area contributed by atoms with Gasteiger partial charge in [0.25, 0.3) is 5.91 Å². The van der Waals surface area contributed by atoms with Crippen molar-refractivity contribution in [3.63, 3.8) is 0 Å². The van der Waals surface area contributed by atoms with E-state index in [1.807, 2.05) is 19.1 Å². The number of amides is 4. The highest BCUT2D eigenvalue weighted by atomic mass is 16.2. The van der Waals surface area contributed by atoms with Crippen molar-refractivity contribution in [2.24, 2.45) is 0 Å². The number of carbonyl (C=O) groups excluding carboxylic acids is 5. The van der Waals surface area contributed by atoms with E-state index in [9.17, 15) is 24.0 Å². The summed E-state index contributed by atoms with van der Waals surface area (Å²) in [5.41, 5.74) is 1.16. The normalized spacial score (nSPS) is 18.7. The Balaban J connectivity index is 1.40. The predicted molar refractivity (Wildman–Crippen MR) is 127 cm³/mol. The van der Waals surface area contributed by atoms with Gasteiger partial charge >= 0.3 is 6.03 Å². The number of anilines is 1. The van der Waals surface area contributed by atoms with E-state index in [2.05, 4.69) is 10.6 Å². The second kappa shape index (κ2) is 8.02. The van der Waals surface area contributed by atoms with Crippen molar-refractivity contribution in [1.82, 2.24) is 10.2 Å². The SMILES string of the molecule is Cc1ccccc1C1(C)NC(=O)N(CC(=O)Nc2cccc3c2C(=O)c2ccccc2C3=O)C1=O. The molecule has 8 heteroatoms. The minimum Gasteiger partial charge on any atom is -0.324 e. The molecule has 1 fully saturated rings. The predicted octanol–water partition coefficient (Wildman–Crippen LogP) is 3.18. The monoisotopic (exact) mass is 467 g/mol. The van der Waals surface area contributed by atoms with Crippen LogP contribution in [0, 0.1) is 6.92 Å². The zero-order valence-electron chi connectivity index (χ0n) is 19.0. The molecule has 1 aliphatic carbocycles. The lowest BCUT2D eigenvalue weighted by molar-refractivity contribution is -0.133. The van der Waals surface area contributed by atoms with Gasteiger partial charge in [-0.2, -0.15) is 0 Å². The van der Waals surface area contributed by atoms with Crippen molar-refractivity contribution < 1.29 is 24.0 Å². The number of imide groups is 1. The first-order valence-corrected chi connectivity index (χ1v) is 11.0. The summed E-state index contributed by atoms with van der Waals surface area (Å²) in [5.74, 6) is -1.92. The Labute approximate surface area is 200 Å². The van der Waals surface area contributed by atoms with E-state index in [4.69, 9.17) is 0 Å². The van der Waals surface area contributed by atoms with Crippen molar-refractivity contribution in [2.45, 2.75) is 19.4 Å². The molecule has 1 aliphatic heterocycles. The fourth-order valence-electron chi connectivity index (χ4n) is 4.74. The molecule has 1 saturated heterocycles. The van der Waals surface area contributed by atoms with Crippen LogP contribution in [0.4, 0.5) is 10.5 Å². The topological polar surface area (TPSA) is 113 Å². The van der Waals surface area contributed by atoms with Crippen LogP contribution in [-0.4, -0.2) is 40.9 Å². The molecule has 0 aromatic heterocycles. The quantitative estimate of drug-likeness (QED) is 0.448. The van der Waals surface area contributed by atoms with Crippen LogP contribution in [0.5, 0.6) is 0 Å². The van der Waals surface area contributed by atoms with Crippen LogP contribution in [0.3, 0.4) is 0 Å². The second-order valence-electron chi connectivity index (χ2n) is 8.74. The lowest BCUT2D eigenvalue weighted by Gasteiger charge is -2.24. The van der Waals surface area contributed by atoms with Gasteiger partial charge in [0.1, 0.15) is 12.1 Å². The Morgan fingerprint density at radius 1 is 0.857 bits per heavy atom. The van der Waals surface area contributed by atoms with E-state index in [1.165, 1.54) is 12.1 Å². The Kier molecular flexibility index (Phi) is 5.09. The number of rotatable bonds is 4. The number of nitrogens with zero attached hydrogens (tertiary/aromatic N) is 1. The van der Waals surface area contributed by atoms with Crippen LogP contribution in [0.25, 0.3) is 0 Å². The molecule has 8 nitrogen and oxygen atoms in total. The molecule has 0 saturated carbocycles. The summed E-state index contributed by atoms with van der Waals surface area (Å²) in [5, 5.41) is 5.30. The number of hydrogen-bond acceptors (Lipinski definition) is 5. The van der Waals surface area contributed by atoms with Gasteiger partial charge in [-0.15, -0.1) is 0 Å². The zero-order valence-corrected chi connectivity index (χ0v) is 19.0. The average molecular weight is 467 g/mol. The molecule has 3 aromatic carbocycles. The lowest BCUT2D eigenvalue weighted by atomic mass is 9.83. The standard InChI is InChI=1S/C27H21N3O5/c1-15-8-3-6-12-19(15)27(2)25(34)30(26(35)29-27)14-21(31)28-20-13-7-11-18-22(20)24(33)17-10-5-4-9-16(17)23(18)32/h3-13H,14H2,1-2H3,(H,28,31)(H,29,35). The van der Waals surface area contributed by atoms with Gasteiger partial charge in [-0.1, -0.05) is 60.7 Å². The Morgan fingerprint density at radius 3 is 2.20 bits per heavy atom. The number of benzene rings is 3. The van der Waals surface area contributed by atoms with E-state index >= 15 is 0 Å². The molecule has 1 atom stereocenters. The summed E-state index contributed by atoms with van der Waals surface area (Å²) in [6.45, 7) is 2.89. The number of nitrogens with one attached hydrogen (secondary N) is 2. The van der Waals surface area contributed by atoms with Gasteiger partial charge < -0.3 is 10.6 Å². The fraction of sp³-hybridized carbons (Fsp3) is 0.148. The minimum absolute atomic E-state index is 0.0894. The number of aryl methyl sites for hydroxylation is 1. The number of ketones is 2. The first-order valence-electron chi connectivity index (χ1n) is 11.0. The first kappa shape index (κ1) is 22.2. The van der Waals surface area contributed by atoms with E-state index in [-0.39, 0.29) is 33.9 Å². The molecule has 0 bridgehead atoms. The minimum atomic E-state index is -1.30. The van der Waals surface area contributed by atoms with E-state index in [0.29, 0.717) is 11.1 Å². The molecule has 5 rings (SSSR count). The zero-order chi connectivity index (χ0) is 24.9. The third-order valence-electron chi connectivity index (χ3n) is 6.49. The van der Waals surface area contributed by atoms with Gasteiger partial charge in [0, 0.05) is 16.7 Å². The van der Waals surface area contributed by atoms with Crippen LogP contribution in [0.1, 0.15) is 49.9 Å². The molecule has 1 unspecified atom stereocenters. The molecule has 174 valence electrons. The molecule has 35 heavy (non-hydrogen) atoms. The molecule has 4 amide bonds. The highest BCUT2D eigenvalue weighted by Gasteiger charge is 2.50. The molecule has 0 radical (unpaired) electrons. The van der Waals surface area contributed by atoms with Crippen molar-refractivity contribution in [2.75, 3.05) is 11.9 Å². The molecule has 1 heterocycles. The van der Waals surface area contributed by atoms with Crippen LogP contribution < -0.4 is 10.6 Å². The van der Waals surface area contributed by atoms with E-state index < -0.39 is 29.9 Å². The van der Waals surface area contributed by atoms with Crippen LogP contribution >= 0.6 is 0 Å². The highest BCUT2D eigenvalue weighted by Crippen LogP contribution is 2.33. The maximum Gasteiger partial charge on any atom is 0.325 e. The van der Waals surface area contributed by atoms with Gasteiger partial charge in [-0.25, -0.2) is 4.79 Å². The number of carbonyl (C=O) groups is 5. The van der Waals surface area contributed by atoms with E-state index in [0.717, 1.165) is 10.5 Å². The third kappa shape index (κ3) is 3.42. The first-order chi connectivity index (χ1) is 16.7. The number of hydrogen-bond donors (Lipinski definition) is 2. The van der Waals surface area contributed by atoms with Crippen molar-refractivity contribution in [1.29, 1.82) is 0 Å². The summed E-state index contributed by atoms with van der Waals surface area (Å²) in [6.07, 6.45) is 0. The van der Waals surface area contributed by atoms with Gasteiger partial charge in [-0.3, -0.25) is 24.1 Å². The maximum atomic E-state index is 13.2. The summed E-state index contributed by atoms with van der Waals surface area (Å²) in [4.78, 5) is 65.7. The summed E-state index contributed by atoms with van der Waals surface area (Å²) >= 11 is 0. The Bertz CT molecular complexity index is 1460. The van der Waals surface area contributed by atoms with Crippen molar-refractivity contribution >= 4 is 35.1 Å². The van der Waals surface area contributed by atoms with Gasteiger partial charge in [-0.05, 0) is 31.0 Å². The summed E-state index contributed by atoms with van der Waals surface area (Å²) in [6, 6.07) is 17.6. The average Bonchev–Trinajstić information content (AvgIpc) is 3.06. The van der Waals surface area contributed by atoms with Crippen LogP contribution in [0.2, 0.25) is 0 Å². The molecule has 2 N–H and O–H groups in total. The van der Waals surface area contributed by atoms with Crippen LogP contribution in [0.15, 0.2) is 66.7 Å². The van der Waals surface area contributed by atoms with Gasteiger partial charge in [0.15, 0.2) is 11.6 Å². The number of urea groups is 1. The maximum absolute atomic E-state index is 13.2. The van der Waals surface area contributed by atoms with Crippen molar-refractivity contribution in [3.05, 3.63) is 100 Å². The van der Waals surface area contributed by atoms with Gasteiger partial charge in [0.05, 0.1) is 11.3 Å². The fourth-order valence-corrected chi connectivity index (χ4v) is 4.74. The largest absolute Gasteiger partial charge is 0.325 e. The Hall–Kier alpha value is -4.59. The summed E-state index contributed by atoms with van der Waals surface area (Å²) in [7, 11) is 0. The third-order valence-corrected chi connectivity index (χ3v) is 6.49. The van der Waals surface area contributed by atoms with Crippen LogP contribution in [-0.2, 0) is 15.1 Å². The van der Waals surface area contributed by atoms with E-state index in [1.54, 1.807) is 49.4 Å². The smallest absolute Gasteiger partial charge is 0.324 e. The number of fused-ring (bicyclic) bond motifs is 2. The Morgan fingerprint density at radius 2 is 1.49 bits per heavy atom. The molecule has 0 spiro atoms. The molecular weight excluding hydrogens is 446 g/mol.